The van der Waals surface area contributed by atoms with E-state index < -0.39 is 0 Å². The highest BCUT2D eigenvalue weighted by Gasteiger charge is 2.35. The smallest absolute Gasteiger partial charge is 0.00454 e. The van der Waals surface area contributed by atoms with E-state index in [0.717, 1.165) is 0 Å². The third kappa shape index (κ3) is 2.82. The highest BCUT2D eigenvalue weighted by molar-refractivity contribution is 4.89. The molecule has 1 fully saturated rings. The van der Waals surface area contributed by atoms with Crippen LogP contribution in [0.4, 0.5) is 0 Å². The highest BCUT2D eigenvalue weighted by Crippen LogP contribution is 2.31. The van der Waals surface area contributed by atoms with Crippen molar-refractivity contribution in [3.63, 3.8) is 0 Å². The van der Waals surface area contributed by atoms with Crippen molar-refractivity contribution in [2.75, 3.05) is 19.6 Å². The molecule has 1 nitrogen and oxygen atoms in total. The number of hydrogen-bond acceptors (Lipinski definition) is 1. The van der Waals surface area contributed by atoms with Crippen LogP contribution in [-0.2, 0) is 0 Å². The molecule has 0 N–H and O–H groups in total. The van der Waals surface area contributed by atoms with Gasteiger partial charge in [-0.3, -0.25) is 0 Å². The second-order valence-corrected chi connectivity index (χ2v) is 5.87. The Morgan fingerprint density at radius 2 is 1.64 bits per heavy atom. The lowest BCUT2D eigenvalue weighted by Gasteiger charge is -2.48. The fourth-order valence-corrected chi connectivity index (χ4v) is 1.95. The third-order valence-electron chi connectivity index (χ3n) is 2.00. The van der Waals surface area contributed by atoms with E-state index in [-0.39, 0.29) is 0 Å². The normalized spacial score (nSPS) is 24.8. The zero-order valence-electron chi connectivity index (χ0n) is 8.57. The summed E-state index contributed by atoms with van der Waals surface area (Å²) in [5, 5.41) is 0. The molecular formula is C10H21N. The van der Waals surface area contributed by atoms with Crippen LogP contribution in [0.15, 0.2) is 0 Å². The van der Waals surface area contributed by atoms with Gasteiger partial charge in [0, 0.05) is 19.6 Å². The first-order valence-electron chi connectivity index (χ1n) is 4.51. The SMILES string of the molecule is CC(C)(C)CN1CC(C)(C)C1. The predicted octanol–water partition coefficient (Wildman–Crippen LogP) is 2.37. The third-order valence-corrected chi connectivity index (χ3v) is 2.00. The first-order chi connectivity index (χ1) is 4.79. The Morgan fingerprint density at radius 1 is 1.18 bits per heavy atom. The molecular weight excluding hydrogens is 134 g/mol. The van der Waals surface area contributed by atoms with Crippen molar-refractivity contribution in [3.8, 4) is 0 Å². The number of nitrogens with zero attached hydrogens (tertiary/aromatic N) is 1. The summed E-state index contributed by atoms with van der Waals surface area (Å²) in [6.07, 6.45) is 0. The maximum atomic E-state index is 2.54. The van der Waals surface area contributed by atoms with E-state index in [1.54, 1.807) is 0 Å². The largest absolute Gasteiger partial charge is 0.302 e. The summed E-state index contributed by atoms with van der Waals surface area (Å²) in [6.45, 7) is 15.4. The monoisotopic (exact) mass is 155 g/mol. The molecule has 0 aromatic heterocycles. The van der Waals surface area contributed by atoms with Gasteiger partial charge in [-0.1, -0.05) is 34.6 Å². The summed E-state index contributed by atoms with van der Waals surface area (Å²) >= 11 is 0. The fourth-order valence-electron chi connectivity index (χ4n) is 1.95. The van der Waals surface area contributed by atoms with Gasteiger partial charge in [0.05, 0.1) is 0 Å². The minimum atomic E-state index is 0.469. The van der Waals surface area contributed by atoms with Gasteiger partial charge in [0.2, 0.25) is 0 Å². The molecule has 0 bridgehead atoms. The molecule has 1 heterocycles. The quantitative estimate of drug-likeness (QED) is 0.562. The second kappa shape index (κ2) is 2.48. The number of hydrogen-bond donors (Lipinski definition) is 0. The van der Waals surface area contributed by atoms with Crippen LogP contribution in [0.5, 0.6) is 0 Å². The predicted molar refractivity (Wildman–Crippen MR) is 49.7 cm³/mol. The van der Waals surface area contributed by atoms with Gasteiger partial charge in [-0.25, -0.2) is 0 Å². The molecule has 1 aliphatic heterocycles. The minimum absolute atomic E-state index is 0.469. The fraction of sp³-hybridized carbons (Fsp3) is 1.00. The molecule has 0 aromatic carbocycles. The van der Waals surface area contributed by atoms with Crippen molar-refractivity contribution in [1.82, 2.24) is 4.90 Å². The Kier molecular flexibility index (Phi) is 2.04. The Balaban J connectivity index is 2.24. The van der Waals surface area contributed by atoms with Crippen LogP contribution >= 0.6 is 0 Å². The molecule has 0 unspecified atom stereocenters. The van der Waals surface area contributed by atoms with Gasteiger partial charge in [0.15, 0.2) is 0 Å². The summed E-state index contributed by atoms with van der Waals surface area (Å²) in [7, 11) is 0. The van der Waals surface area contributed by atoms with Crippen LogP contribution in [0.1, 0.15) is 34.6 Å². The molecule has 1 aliphatic rings. The van der Waals surface area contributed by atoms with Crippen molar-refractivity contribution in [2.45, 2.75) is 34.6 Å². The molecule has 0 atom stereocenters. The molecule has 0 aliphatic carbocycles. The van der Waals surface area contributed by atoms with Gasteiger partial charge in [0.25, 0.3) is 0 Å². The minimum Gasteiger partial charge on any atom is -0.302 e. The summed E-state index contributed by atoms with van der Waals surface area (Å²) in [5.74, 6) is 0. The summed E-state index contributed by atoms with van der Waals surface area (Å²) < 4.78 is 0. The van der Waals surface area contributed by atoms with E-state index in [4.69, 9.17) is 0 Å². The number of rotatable bonds is 1. The highest BCUT2D eigenvalue weighted by atomic mass is 15.2. The summed E-state index contributed by atoms with van der Waals surface area (Å²) in [4.78, 5) is 2.54. The van der Waals surface area contributed by atoms with Gasteiger partial charge in [-0.2, -0.15) is 0 Å². The van der Waals surface area contributed by atoms with Crippen LogP contribution in [-0.4, -0.2) is 24.5 Å². The Hall–Kier alpha value is -0.0400. The molecule has 1 saturated heterocycles. The lowest BCUT2D eigenvalue weighted by Crippen LogP contribution is -2.55. The van der Waals surface area contributed by atoms with E-state index in [1.165, 1.54) is 19.6 Å². The molecule has 0 aromatic rings. The van der Waals surface area contributed by atoms with Crippen LogP contribution in [0, 0.1) is 10.8 Å². The van der Waals surface area contributed by atoms with E-state index >= 15 is 0 Å². The van der Waals surface area contributed by atoms with Crippen LogP contribution < -0.4 is 0 Å². The van der Waals surface area contributed by atoms with Crippen molar-refractivity contribution >= 4 is 0 Å². The molecule has 0 radical (unpaired) electrons. The molecule has 0 saturated carbocycles. The van der Waals surface area contributed by atoms with E-state index in [9.17, 15) is 0 Å². The van der Waals surface area contributed by atoms with E-state index in [1.807, 2.05) is 0 Å². The van der Waals surface area contributed by atoms with Gasteiger partial charge in [0.1, 0.15) is 0 Å². The Labute approximate surface area is 70.8 Å². The maximum Gasteiger partial charge on any atom is 0.00454 e. The van der Waals surface area contributed by atoms with E-state index in [2.05, 4.69) is 39.5 Å². The van der Waals surface area contributed by atoms with Gasteiger partial charge < -0.3 is 4.90 Å². The van der Waals surface area contributed by atoms with Crippen LogP contribution in [0.2, 0.25) is 0 Å². The topological polar surface area (TPSA) is 3.24 Å². The van der Waals surface area contributed by atoms with E-state index in [0.29, 0.717) is 10.8 Å². The van der Waals surface area contributed by atoms with Crippen LogP contribution in [0.25, 0.3) is 0 Å². The molecule has 66 valence electrons. The Bertz CT molecular complexity index is 133. The van der Waals surface area contributed by atoms with Crippen molar-refractivity contribution < 1.29 is 0 Å². The average Bonchev–Trinajstić information content (AvgIpc) is 1.53. The van der Waals surface area contributed by atoms with Crippen LogP contribution in [0.3, 0.4) is 0 Å². The maximum absolute atomic E-state index is 2.54. The zero-order valence-corrected chi connectivity index (χ0v) is 8.57. The van der Waals surface area contributed by atoms with Crippen molar-refractivity contribution in [1.29, 1.82) is 0 Å². The first kappa shape index (κ1) is 9.05. The average molecular weight is 155 g/mol. The Morgan fingerprint density at radius 3 is 1.91 bits per heavy atom. The second-order valence-electron chi connectivity index (χ2n) is 5.87. The lowest BCUT2D eigenvalue weighted by molar-refractivity contribution is 0.00655. The van der Waals surface area contributed by atoms with Gasteiger partial charge in [-0.05, 0) is 10.8 Å². The summed E-state index contributed by atoms with van der Waals surface area (Å²) in [5.41, 5.74) is 1.06. The number of likely N-dealkylation sites (tertiary alicyclic amines) is 1. The summed E-state index contributed by atoms with van der Waals surface area (Å²) in [6, 6.07) is 0. The molecule has 1 heteroatoms. The molecule has 1 rings (SSSR count). The molecule has 0 amide bonds. The van der Waals surface area contributed by atoms with Crippen molar-refractivity contribution in [2.24, 2.45) is 10.8 Å². The molecule has 11 heavy (non-hydrogen) atoms. The van der Waals surface area contributed by atoms with Crippen molar-refractivity contribution in [3.05, 3.63) is 0 Å². The first-order valence-corrected chi connectivity index (χ1v) is 4.51. The zero-order chi connectivity index (χ0) is 8.70. The standard InChI is InChI=1S/C10H21N/c1-9(2,3)6-11-7-10(4,5)8-11/h6-8H2,1-5H3. The lowest BCUT2D eigenvalue weighted by atomic mass is 9.82. The van der Waals surface area contributed by atoms with Gasteiger partial charge >= 0.3 is 0 Å². The van der Waals surface area contributed by atoms with Gasteiger partial charge in [-0.15, -0.1) is 0 Å². The molecule has 0 spiro atoms.